The highest BCUT2D eigenvalue weighted by molar-refractivity contribution is 5.67. The van der Waals surface area contributed by atoms with Crippen LogP contribution >= 0.6 is 0 Å². The van der Waals surface area contributed by atoms with Crippen LogP contribution in [0.25, 0.3) is 0 Å². The highest BCUT2D eigenvalue weighted by Gasteiger charge is 2.17. The monoisotopic (exact) mass is 324 g/mol. The zero-order valence-corrected chi connectivity index (χ0v) is 14.8. The van der Waals surface area contributed by atoms with E-state index in [1.54, 1.807) is 12.1 Å². The molecule has 0 aromatic heterocycles. The Bertz CT molecular complexity index is 512. The molecule has 0 bridgehead atoms. The van der Waals surface area contributed by atoms with Gasteiger partial charge in [-0.15, -0.1) is 0 Å². The maximum Gasteiger partial charge on any atom is 0.407 e. The standard InChI is InChI=1S/C18H29FN2O2/c1-6-7-16(12-21-17(22)23-18(3,4)5)20-11-14-10-15(19)9-8-13(14)2/h8-10,16,20H,6-7,11-12H2,1-5H3,(H,21,22). The largest absolute Gasteiger partial charge is 0.444 e. The molecule has 1 unspecified atom stereocenters. The highest BCUT2D eigenvalue weighted by atomic mass is 19.1. The van der Waals surface area contributed by atoms with Crippen LogP contribution in [0.3, 0.4) is 0 Å². The van der Waals surface area contributed by atoms with Crippen LogP contribution in [0.2, 0.25) is 0 Å². The third-order valence-electron chi connectivity index (χ3n) is 3.42. The van der Waals surface area contributed by atoms with Gasteiger partial charge in [0.05, 0.1) is 0 Å². The lowest BCUT2D eigenvalue weighted by Gasteiger charge is -2.23. The van der Waals surface area contributed by atoms with Gasteiger partial charge in [0.1, 0.15) is 11.4 Å². The number of ether oxygens (including phenoxy) is 1. The van der Waals surface area contributed by atoms with E-state index < -0.39 is 11.7 Å². The summed E-state index contributed by atoms with van der Waals surface area (Å²) in [6.07, 6.45) is 1.50. The molecule has 0 saturated carbocycles. The fourth-order valence-corrected chi connectivity index (χ4v) is 2.23. The second-order valence-corrected chi connectivity index (χ2v) is 6.82. The molecule has 23 heavy (non-hydrogen) atoms. The maximum absolute atomic E-state index is 13.3. The summed E-state index contributed by atoms with van der Waals surface area (Å²) in [6, 6.07) is 4.91. The molecule has 0 fully saturated rings. The number of alkyl carbamates (subject to hydrolysis) is 1. The van der Waals surface area contributed by atoms with Crippen molar-refractivity contribution in [1.29, 1.82) is 0 Å². The van der Waals surface area contributed by atoms with Crippen molar-refractivity contribution >= 4 is 6.09 Å². The second kappa shape index (κ2) is 8.87. The van der Waals surface area contributed by atoms with Gasteiger partial charge in [-0.2, -0.15) is 0 Å². The van der Waals surface area contributed by atoms with Crippen LogP contribution in [0.4, 0.5) is 9.18 Å². The van der Waals surface area contributed by atoms with E-state index in [2.05, 4.69) is 17.6 Å². The minimum absolute atomic E-state index is 0.121. The van der Waals surface area contributed by atoms with E-state index in [-0.39, 0.29) is 11.9 Å². The first-order valence-electron chi connectivity index (χ1n) is 8.16. The average Bonchev–Trinajstić information content (AvgIpc) is 2.43. The smallest absolute Gasteiger partial charge is 0.407 e. The molecule has 0 spiro atoms. The van der Waals surface area contributed by atoms with Crippen molar-refractivity contribution in [3.05, 3.63) is 35.1 Å². The molecule has 130 valence electrons. The summed E-state index contributed by atoms with van der Waals surface area (Å²) < 4.78 is 18.6. The Morgan fingerprint density at radius 3 is 2.65 bits per heavy atom. The highest BCUT2D eigenvalue weighted by Crippen LogP contribution is 2.11. The van der Waals surface area contributed by atoms with Crippen molar-refractivity contribution in [2.24, 2.45) is 0 Å². The van der Waals surface area contributed by atoms with Crippen LogP contribution < -0.4 is 10.6 Å². The van der Waals surface area contributed by atoms with E-state index in [9.17, 15) is 9.18 Å². The van der Waals surface area contributed by atoms with Crippen molar-refractivity contribution in [3.63, 3.8) is 0 Å². The molecule has 5 heteroatoms. The fourth-order valence-electron chi connectivity index (χ4n) is 2.23. The van der Waals surface area contributed by atoms with Gasteiger partial charge in [-0.05, 0) is 57.4 Å². The zero-order valence-electron chi connectivity index (χ0n) is 14.8. The van der Waals surface area contributed by atoms with E-state index in [1.165, 1.54) is 6.07 Å². The number of amides is 1. The summed E-state index contributed by atoms with van der Waals surface area (Å²) in [6.45, 7) is 10.6. The van der Waals surface area contributed by atoms with Gasteiger partial charge in [-0.3, -0.25) is 0 Å². The number of carbonyl (C=O) groups excluding carboxylic acids is 1. The summed E-state index contributed by atoms with van der Waals surface area (Å²) in [7, 11) is 0. The van der Waals surface area contributed by atoms with Crippen molar-refractivity contribution < 1.29 is 13.9 Å². The first kappa shape index (κ1) is 19.4. The molecule has 0 saturated heterocycles. The van der Waals surface area contributed by atoms with Crippen LogP contribution in [0.1, 0.15) is 51.7 Å². The number of nitrogens with one attached hydrogen (secondary N) is 2. The normalized spacial score (nSPS) is 12.8. The molecule has 0 radical (unpaired) electrons. The Kier molecular flexibility index (Phi) is 7.49. The Morgan fingerprint density at radius 2 is 2.04 bits per heavy atom. The van der Waals surface area contributed by atoms with Crippen LogP contribution in [-0.2, 0) is 11.3 Å². The molecule has 0 aliphatic heterocycles. The zero-order chi connectivity index (χ0) is 17.5. The average molecular weight is 324 g/mol. The Hall–Kier alpha value is -1.62. The minimum Gasteiger partial charge on any atom is -0.444 e. The summed E-state index contributed by atoms with van der Waals surface area (Å²) in [5, 5.41) is 6.17. The number of halogens is 1. The van der Waals surface area contributed by atoms with Gasteiger partial charge in [-0.1, -0.05) is 19.4 Å². The minimum atomic E-state index is -0.504. The molecule has 1 rings (SSSR count). The fraction of sp³-hybridized carbons (Fsp3) is 0.611. The topological polar surface area (TPSA) is 50.4 Å². The van der Waals surface area contributed by atoms with Gasteiger partial charge in [0, 0.05) is 19.1 Å². The molecule has 4 nitrogen and oxygen atoms in total. The van der Waals surface area contributed by atoms with Gasteiger partial charge >= 0.3 is 6.09 Å². The van der Waals surface area contributed by atoms with Gasteiger partial charge in [0.2, 0.25) is 0 Å². The maximum atomic E-state index is 13.3. The Balaban J connectivity index is 2.51. The third-order valence-corrected chi connectivity index (χ3v) is 3.42. The third kappa shape index (κ3) is 7.98. The molecule has 1 aromatic carbocycles. The Labute approximate surface area is 138 Å². The molecular weight excluding hydrogens is 295 g/mol. The lowest BCUT2D eigenvalue weighted by atomic mass is 10.1. The van der Waals surface area contributed by atoms with Crippen LogP contribution in [0.5, 0.6) is 0 Å². The van der Waals surface area contributed by atoms with E-state index >= 15 is 0 Å². The molecule has 2 N–H and O–H groups in total. The summed E-state index contributed by atoms with van der Waals surface area (Å²) in [5.41, 5.74) is 1.48. The Morgan fingerprint density at radius 1 is 1.35 bits per heavy atom. The summed E-state index contributed by atoms with van der Waals surface area (Å²) >= 11 is 0. The van der Waals surface area contributed by atoms with E-state index in [1.807, 2.05) is 27.7 Å². The van der Waals surface area contributed by atoms with Crippen molar-refractivity contribution in [2.75, 3.05) is 6.54 Å². The number of aryl methyl sites for hydroxylation is 1. The molecular formula is C18H29FN2O2. The van der Waals surface area contributed by atoms with Crippen LogP contribution in [-0.4, -0.2) is 24.3 Å². The van der Waals surface area contributed by atoms with Gasteiger partial charge in [0.15, 0.2) is 0 Å². The van der Waals surface area contributed by atoms with Gasteiger partial charge < -0.3 is 15.4 Å². The first-order chi connectivity index (χ1) is 10.7. The van der Waals surface area contributed by atoms with Gasteiger partial charge in [-0.25, -0.2) is 9.18 Å². The van der Waals surface area contributed by atoms with Crippen LogP contribution in [0, 0.1) is 12.7 Å². The lowest BCUT2D eigenvalue weighted by Crippen LogP contribution is -2.42. The summed E-state index contributed by atoms with van der Waals surface area (Å²) in [4.78, 5) is 11.7. The summed E-state index contributed by atoms with van der Waals surface area (Å²) in [5.74, 6) is -0.230. The van der Waals surface area contributed by atoms with Crippen molar-refractivity contribution in [2.45, 2.75) is 65.6 Å². The molecule has 1 amide bonds. The van der Waals surface area contributed by atoms with E-state index in [4.69, 9.17) is 4.74 Å². The number of benzene rings is 1. The van der Waals surface area contributed by atoms with Gasteiger partial charge in [0.25, 0.3) is 0 Å². The van der Waals surface area contributed by atoms with E-state index in [0.717, 1.165) is 24.0 Å². The number of carbonyl (C=O) groups is 1. The number of rotatable bonds is 7. The molecule has 1 aromatic rings. The van der Waals surface area contributed by atoms with Crippen molar-refractivity contribution in [3.8, 4) is 0 Å². The predicted molar refractivity (Wildman–Crippen MR) is 90.9 cm³/mol. The number of hydrogen-bond donors (Lipinski definition) is 2. The lowest BCUT2D eigenvalue weighted by molar-refractivity contribution is 0.0521. The first-order valence-corrected chi connectivity index (χ1v) is 8.16. The number of hydrogen-bond acceptors (Lipinski definition) is 3. The SMILES string of the molecule is CCCC(CNC(=O)OC(C)(C)C)NCc1cc(F)ccc1C. The van der Waals surface area contributed by atoms with Crippen LogP contribution in [0.15, 0.2) is 18.2 Å². The quantitative estimate of drug-likeness (QED) is 0.799. The molecule has 0 heterocycles. The molecule has 1 atom stereocenters. The van der Waals surface area contributed by atoms with Crippen molar-refractivity contribution in [1.82, 2.24) is 10.6 Å². The second-order valence-electron chi connectivity index (χ2n) is 6.82. The molecule has 0 aliphatic rings. The molecule has 0 aliphatic carbocycles. The van der Waals surface area contributed by atoms with E-state index in [0.29, 0.717) is 13.1 Å². The predicted octanol–water partition coefficient (Wildman–Crippen LogP) is 3.92.